The first-order valence-corrected chi connectivity index (χ1v) is 12.1. The first kappa shape index (κ1) is 21.5. The summed E-state index contributed by atoms with van der Waals surface area (Å²) in [6, 6.07) is 6.90. The molecule has 31 heavy (non-hydrogen) atoms. The summed E-state index contributed by atoms with van der Waals surface area (Å²) in [6.45, 7) is 1.72. The molecule has 0 aliphatic carbocycles. The molecular formula is C22H27N5O3S. The van der Waals surface area contributed by atoms with Crippen molar-refractivity contribution in [3.05, 3.63) is 54.7 Å². The van der Waals surface area contributed by atoms with E-state index in [2.05, 4.69) is 20.3 Å². The zero-order valence-electron chi connectivity index (χ0n) is 17.3. The number of carbonyl (C=O) groups excluding carboxylic acids is 1. The summed E-state index contributed by atoms with van der Waals surface area (Å²) >= 11 is 0. The van der Waals surface area contributed by atoms with Crippen molar-refractivity contribution in [3.63, 3.8) is 0 Å². The number of nitrogens with zero attached hydrogens (tertiary/aromatic N) is 3. The van der Waals surface area contributed by atoms with Gasteiger partial charge in [0.15, 0.2) is 0 Å². The predicted octanol–water partition coefficient (Wildman–Crippen LogP) is 2.96. The minimum atomic E-state index is -3.44. The summed E-state index contributed by atoms with van der Waals surface area (Å²) in [6.07, 6.45) is 11.1. The Kier molecular flexibility index (Phi) is 6.62. The Morgan fingerprint density at radius 1 is 1.13 bits per heavy atom. The maximum atomic E-state index is 12.7. The lowest BCUT2D eigenvalue weighted by Gasteiger charge is -2.31. The fourth-order valence-corrected chi connectivity index (χ4v) is 5.47. The molecule has 0 spiro atoms. The summed E-state index contributed by atoms with van der Waals surface area (Å²) < 4.78 is 26.9. The topological polar surface area (TPSA) is 108 Å². The van der Waals surface area contributed by atoms with E-state index in [1.165, 1.54) is 6.20 Å². The maximum Gasteiger partial charge on any atom is 0.267 e. The fourth-order valence-electron chi connectivity index (χ4n) is 4.04. The van der Waals surface area contributed by atoms with Gasteiger partial charge in [-0.25, -0.2) is 8.42 Å². The number of carbonyl (C=O) groups is 1. The van der Waals surface area contributed by atoms with Crippen LogP contribution in [-0.4, -0.2) is 53.2 Å². The molecule has 8 nitrogen and oxygen atoms in total. The number of hydrogen-bond acceptors (Lipinski definition) is 5. The first-order chi connectivity index (χ1) is 15.0. The van der Waals surface area contributed by atoms with E-state index in [4.69, 9.17) is 0 Å². The van der Waals surface area contributed by atoms with Crippen molar-refractivity contribution < 1.29 is 13.2 Å². The predicted molar refractivity (Wildman–Crippen MR) is 118 cm³/mol. The molecule has 0 bridgehead atoms. The van der Waals surface area contributed by atoms with Crippen LogP contribution in [-0.2, 0) is 10.0 Å². The van der Waals surface area contributed by atoms with Gasteiger partial charge in [0, 0.05) is 55.3 Å². The van der Waals surface area contributed by atoms with Crippen molar-refractivity contribution in [1.29, 1.82) is 0 Å². The molecular weight excluding hydrogens is 414 g/mol. The zero-order chi connectivity index (χ0) is 21.7. The number of nitrogens with one attached hydrogen (secondary N) is 2. The second-order valence-electron chi connectivity index (χ2n) is 7.93. The highest BCUT2D eigenvalue weighted by atomic mass is 32.2. The summed E-state index contributed by atoms with van der Waals surface area (Å²) in [4.78, 5) is 23.6. The Hall–Kier alpha value is -2.78. The second-order valence-corrected chi connectivity index (χ2v) is 9.87. The van der Waals surface area contributed by atoms with E-state index < -0.39 is 10.0 Å². The van der Waals surface area contributed by atoms with E-state index in [1.807, 2.05) is 12.1 Å². The van der Waals surface area contributed by atoms with Crippen LogP contribution in [0.3, 0.4) is 0 Å². The number of H-pyrrole nitrogens is 1. The Labute approximate surface area is 182 Å². The third-order valence-corrected chi connectivity index (χ3v) is 7.72. The van der Waals surface area contributed by atoms with Gasteiger partial charge in [-0.15, -0.1) is 0 Å². The third-order valence-electron chi connectivity index (χ3n) is 5.84. The van der Waals surface area contributed by atoms with Crippen LogP contribution < -0.4 is 5.32 Å². The highest BCUT2D eigenvalue weighted by molar-refractivity contribution is 7.89. The lowest BCUT2D eigenvalue weighted by atomic mass is 9.92. The SMILES string of the molecule is O=C(NCCCCC1CCN(S(=O)(=O)c2cccnc2)CC1)c1cc2cnccc2[nH]1. The van der Waals surface area contributed by atoms with E-state index in [-0.39, 0.29) is 10.8 Å². The van der Waals surface area contributed by atoms with Crippen LogP contribution in [0.25, 0.3) is 10.9 Å². The smallest absolute Gasteiger partial charge is 0.267 e. The lowest BCUT2D eigenvalue weighted by molar-refractivity contribution is 0.0948. The molecule has 164 valence electrons. The van der Waals surface area contributed by atoms with Crippen molar-refractivity contribution >= 4 is 26.8 Å². The molecule has 1 aliphatic rings. The third kappa shape index (κ3) is 5.11. The molecule has 1 amide bonds. The number of sulfonamides is 1. The molecule has 0 atom stereocenters. The average molecular weight is 442 g/mol. The number of hydrogen-bond donors (Lipinski definition) is 2. The molecule has 0 radical (unpaired) electrons. The number of pyridine rings is 2. The van der Waals surface area contributed by atoms with E-state index in [1.54, 1.807) is 35.0 Å². The molecule has 0 saturated carbocycles. The summed E-state index contributed by atoms with van der Waals surface area (Å²) in [5.74, 6) is 0.419. The number of aromatic nitrogens is 3. The lowest BCUT2D eigenvalue weighted by Crippen LogP contribution is -2.38. The highest BCUT2D eigenvalue weighted by Gasteiger charge is 2.29. The summed E-state index contributed by atoms with van der Waals surface area (Å²) in [5, 5.41) is 3.88. The van der Waals surface area contributed by atoms with Gasteiger partial charge in [0.2, 0.25) is 10.0 Å². The molecule has 4 heterocycles. The van der Waals surface area contributed by atoms with Gasteiger partial charge in [-0.3, -0.25) is 14.8 Å². The molecule has 4 rings (SSSR count). The Balaban J connectivity index is 1.16. The van der Waals surface area contributed by atoms with E-state index in [0.717, 1.165) is 43.0 Å². The highest BCUT2D eigenvalue weighted by Crippen LogP contribution is 2.26. The van der Waals surface area contributed by atoms with Gasteiger partial charge in [-0.05, 0) is 49.4 Å². The number of piperidine rings is 1. The normalized spacial score (nSPS) is 15.9. The standard InChI is InChI=1S/C22H27N5O3S/c28-22(21-14-18-15-24-11-6-20(18)26-21)25-10-2-1-4-17-7-12-27(13-8-17)31(29,30)19-5-3-9-23-16-19/h3,5-6,9,11,14-17,26H,1-2,4,7-8,10,12-13H2,(H,25,28). The van der Waals surface area contributed by atoms with Crippen molar-refractivity contribution in [2.45, 2.75) is 37.0 Å². The van der Waals surface area contributed by atoms with Crippen LogP contribution in [0.1, 0.15) is 42.6 Å². The summed E-state index contributed by atoms with van der Waals surface area (Å²) in [7, 11) is -3.44. The van der Waals surface area contributed by atoms with Gasteiger partial charge in [-0.1, -0.05) is 12.8 Å². The Morgan fingerprint density at radius 3 is 2.68 bits per heavy atom. The van der Waals surface area contributed by atoms with E-state index >= 15 is 0 Å². The molecule has 1 saturated heterocycles. The second kappa shape index (κ2) is 9.57. The molecule has 3 aromatic rings. The van der Waals surface area contributed by atoms with Crippen molar-refractivity contribution in [3.8, 4) is 0 Å². The molecule has 2 N–H and O–H groups in total. The molecule has 1 aliphatic heterocycles. The number of unbranched alkanes of at least 4 members (excludes halogenated alkanes) is 1. The van der Waals surface area contributed by atoms with Crippen LogP contribution in [0.4, 0.5) is 0 Å². The zero-order valence-corrected chi connectivity index (χ0v) is 18.1. The number of amides is 1. The van der Waals surface area contributed by atoms with E-state index in [0.29, 0.717) is 31.2 Å². The van der Waals surface area contributed by atoms with Crippen LogP contribution in [0.5, 0.6) is 0 Å². The number of fused-ring (bicyclic) bond motifs is 1. The van der Waals surface area contributed by atoms with Gasteiger partial charge >= 0.3 is 0 Å². The first-order valence-electron chi connectivity index (χ1n) is 10.6. The molecule has 9 heteroatoms. The van der Waals surface area contributed by atoms with Gasteiger partial charge in [0.05, 0.1) is 0 Å². The van der Waals surface area contributed by atoms with Crippen LogP contribution in [0.15, 0.2) is 53.9 Å². The fraction of sp³-hybridized carbons (Fsp3) is 0.409. The van der Waals surface area contributed by atoms with Crippen LogP contribution >= 0.6 is 0 Å². The Bertz CT molecular complexity index is 1090. The van der Waals surface area contributed by atoms with Crippen LogP contribution in [0.2, 0.25) is 0 Å². The number of rotatable bonds is 8. The van der Waals surface area contributed by atoms with Gasteiger partial charge in [-0.2, -0.15) is 4.31 Å². The average Bonchev–Trinajstić information content (AvgIpc) is 3.24. The van der Waals surface area contributed by atoms with Gasteiger partial charge < -0.3 is 10.3 Å². The molecule has 0 unspecified atom stereocenters. The van der Waals surface area contributed by atoms with Gasteiger partial charge in [0.1, 0.15) is 10.6 Å². The largest absolute Gasteiger partial charge is 0.351 e. The molecule has 1 fully saturated rings. The quantitative estimate of drug-likeness (QED) is 0.523. The monoisotopic (exact) mass is 441 g/mol. The molecule has 0 aromatic carbocycles. The molecule has 3 aromatic heterocycles. The summed E-state index contributed by atoms with van der Waals surface area (Å²) in [5.41, 5.74) is 1.45. The van der Waals surface area contributed by atoms with E-state index in [9.17, 15) is 13.2 Å². The minimum Gasteiger partial charge on any atom is -0.351 e. The van der Waals surface area contributed by atoms with Crippen LogP contribution in [0, 0.1) is 5.92 Å². The number of aromatic amines is 1. The maximum absolute atomic E-state index is 12.7. The van der Waals surface area contributed by atoms with Crippen molar-refractivity contribution in [1.82, 2.24) is 24.6 Å². The van der Waals surface area contributed by atoms with Crippen molar-refractivity contribution in [2.75, 3.05) is 19.6 Å². The van der Waals surface area contributed by atoms with Crippen molar-refractivity contribution in [2.24, 2.45) is 5.92 Å². The Morgan fingerprint density at radius 2 is 1.94 bits per heavy atom. The minimum absolute atomic E-state index is 0.106. The van der Waals surface area contributed by atoms with Gasteiger partial charge in [0.25, 0.3) is 5.91 Å².